The second kappa shape index (κ2) is 6.80. The molecular weight excluding hydrogens is 300 g/mol. The fourth-order valence-corrected chi connectivity index (χ4v) is 3.22. The Kier molecular flexibility index (Phi) is 4.59. The first-order valence-electron chi connectivity index (χ1n) is 7.21. The van der Waals surface area contributed by atoms with E-state index in [4.69, 9.17) is 5.73 Å². The fraction of sp³-hybridized carbons (Fsp3) is 0.429. The van der Waals surface area contributed by atoms with Crippen molar-refractivity contribution < 1.29 is 4.79 Å². The summed E-state index contributed by atoms with van der Waals surface area (Å²) in [6, 6.07) is 1.94. The molecule has 1 amide bonds. The summed E-state index contributed by atoms with van der Waals surface area (Å²) in [5, 5.41) is 5.78. The van der Waals surface area contributed by atoms with Crippen molar-refractivity contribution in [2.45, 2.75) is 18.8 Å². The van der Waals surface area contributed by atoms with Gasteiger partial charge in [0, 0.05) is 30.2 Å². The van der Waals surface area contributed by atoms with Crippen molar-refractivity contribution in [1.82, 2.24) is 19.9 Å². The van der Waals surface area contributed by atoms with Crippen LogP contribution >= 0.6 is 11.3 Å². The molecule has 116 valence electrons. The molecule has 1 unspecified atom stereocenters. The van der Waals surface area contributed by atoms with E-state index in [1.807, 2.05) is 11.4 Å². The second-order valence-electron chi connectivity index (χ2n) is 5.31. The smallest absolute Gasteiger partial charge is 0.231 e. The largest absolute Gasteiger partial charge is 0.369 e. The fourth-order valence-electron chi connectivity index (χ4n) is 2.70. The minimum absolute atomic E-state index is 0.283. The Morgan fingerprint density at radius 1 is 1.45 bits per heavy atom. The molecule has 1 saturated heterocycles. The van der Waals surface area contributed by atoms with Crippen LogP contribution in [0.5, 0.6) is 0 Å². The molecule has 3 rings (SSSR count). The number of rotatable bonds is 5. The number of hydrogen-bond acceptors (Lipinski definition) is 7. The number of nitrogens with one attached hydrogen (secondary N) is 1. The monoisotopic (exact) mass is 318 g/mol. The number of amides is 1. The van der Waals surface area contributed by atoms with Gasteiger partial charge in [0.15, 0.2) is 5.13 Å². The lowest BCUT2D eigenvalue weighted by Gasteiger charge is -2.31. The Morgan fingerprint density at radius 3 is 3.14 bits per heavy atom. The number of piperidine rings is 1. The van der Waals surface area contributed by atoms with Crippen LogP contribution in [0.2, 0.25) is 0 Å². The van der Waals surface area contributed by atoms with Crippen LogP contribution in [-0.4, -0.2) is 45.4 Å². The molecule has 0 spiro atoms. The predicted molar refractivity (Wildman–Crippen MR) is 85.0 cm³/mol. The molecule has 0 radical (unpaired) electrons. The van der Waals surface area contributed by atoms with E-state index in [1.54, 1.807) is 12.4 Å². The van der Waals surface area contributed by atoms with Crippen LogP contribution in [0.3, 0.4) is 0 Å². The number of thiazole rings is 1. The molecule has 1 atom stereocenters. The van der Waals surface area contributed by atoms with E-state index < -0.39 is 0 Å². The van der Waals surface area contributed by atoms with Gasteiger partial charge in [-0.15, -0.1) is 11.3 Å². The highest BCUT2D eigenvalue weighted by molar-refractivity contribution is 7.13. The van der Waals surface area contributed by atoms with E-state index in [0.29, 0.717) is 18.4 Å². The summed E-state index contributed by atoms with van der Waals surface area (Å²) in [5.74, 6) is 0.571. The average molecular weight is 318 g/mol. The summed E-state index contributed by atoms with van der Waals surface area (Å²) in [6.07, 6.45) is 5.59. The maximum absolute atomic E-state index is 11.1. The van der Waals surface area contributed by atoms with Crippen molar-refractivity contribution in [3.05, 3.63) is 29.5 Å². The van der Waals surface area contributed by atoms with Crippen molar-refractivity contribution in [3.63, 3.8) is 0 Å². The third-order valence-electron chi connectivity index (χ3n) is 3.63. The van der Waals surface area contributed by atoms with Gasteiger partial charge in [0.1, 0.15) is 0 Å². The van der Waals surface area contributed by atoms with E-state index >= 15 is 0 Å². The summed E-state index contributed by atoms with van der Waals surface area (Å²) in [6.45, 7) is 2.02. The maximum Gasteiger partial charge on any atom is 0.231 e. The van der Waals surface area contributed by atoms with Crippen LogP contribution < -0.4 is 11.1 Å². The zero-order valence-electron chi connectivity index (χ0n) is 12.1. The van der Waals surface area contributed by atoms with Crippen molar-refractivity contribution in [2.75, 3.05) is 25.0 Å². The standard InChI is InChI=1S/C14H18N6OS/c15-12(21)9-20-6-1-2-10(8-20)11-3-4-16-13(18-11)19-14-17-5-7-22-14/h3-5,7,10H,1-2,6,8-9H2,(H2,15,21)(H,16,17,18,19). The third kappa shape index (κ3) is 3.77. The minimum atomic E-state index is -0.283. The van der Waals surface area contributed by atoms with Crippen LogP contribution in [0.4, 0.5) is 11.1 Å². The first-order chi connectivity index (χ1) is 10.7. The van der Waals surface area contributed by atoms with Gasteiger partial charge < -0.3 is 11.1 Å². The Labute approximate surface area is 132 Å². The predicted octanol–water partition coefficient (Wildman–Crippen LogP) is 1.34. The second-order valence-corrected chi connectivity index (χ2v) is 6.20. The van der Waals surface area contributed by atoms with Crippen LogP contribution in [-0.2, 0) is 4.79 Å². The number of nitrogens with zero attached hydrogens (tertiary/aromatic N) is 4. The maximum atomic E-state index is 11.1. The Hall–Kier alpha value is -2.06. The molecule has 3 N–H and O–H groups in total. The SMILES string of the molecule is NC(=O)CN1CCCC(c2ccnc(Nc3nccs3)n2)C1. The van der Waals surface area contributed by atoms with Gasteiger partial charge in [-0.1, -0.05) is 0 Å². The van der Waals surface area contributed by atoms with Gasteiger partial charge in [0.05, 0.1) is 12.2 Å². The number of carbonyl (C=O) groups is 1. The molecule has 7 nitrogen and oxygen atoms in total. The number of anilines is 2. The molecule has 0 aromatic carbocycles. The van der Waals surface area contributed by atoms with E-state index in [0.717, 1.165) is 36.8 Å². The normalized spacial score (nSPS) is 19.0. The van der Waals surface area contributed by atoms with Gasteiger partial charge in [0.2, 0.25) is 11.9 Å². The Balaban J connectivity index is 1.69. The average Bonchev–Trinajstić information content (AvgIpc) is 3.00. The molecule has 1 fully saturated rings. The number of primary amides is 1. The highest BCUT2D eigenvalue weighted by Gasteiger charge is 2.23. The number of likely N-dealkylation sites (tertiary alicyclic amines) is 1. The highest BCUT2D eigenvalue weighted by Crippen LogP contribution is 2.26. The lowest BCUT2D eigenvalue weighted by Crippen LogP contribution is -2.40. The van der Waals surface area contributed by atoms with Crippen LogP contribution in [0.15, 0.2) is 23.8 Å². The molecule has 3 heterocycles. The summed E-state index contributed by atoms with van der Waals surface area (Å²) in [7, 11) is 0. The van der Waals surface area contributed by atoms with Gasteiger partial charge in [-0.3, -0.25) is 9.69 Å². The number of aromatic nitrogens is 3. The molecule has 22 heavy (non-hydrogen) atoms. The molecule has 0 bridgehead atoms. The molecule has 0 aliphatic carbocycles. The van der Waals surface area contributed by atoms with Gasteiger partial charge >= 0.3 is 0 Å². The van der Waals surface area contributed by atoms with Crippen LogP contribution in [0.1, 0.15) is 24.5 Å². The van der Waals surface area contributed by atoms with Crippen molar-refractivity contribution in [1.29, 1.82) is 0 Å². The topological polar surface area (TPSA) is 97.0 Å². The molecule has 8 heteroatoms. The van der Waals surface area contributed by atoms with Gasteiger partial charge in [-0.2, -0.15) is 0 Å². The molecule has 2 aromatic heterocycles. The summed E-state index contributed by atoms with van der Waals surface area (Å²) < 4.78 is 0. The number of nitrogens with two attached hydrogens (primary N) is 1. The summed E-state index contributed by atoms with van der Waals surface area (Å²) >= 11 is 1.50. The van der Waals surface area contributed by atoms with E-state index in [9.17, 15) is 4.79 Å². The Bertz CT molecular complexity index is 632. The molecule has 0 saturated carbocycles. The molecule has 1 aliphatic heterocycles. The first kappa shape index (κ1) is 14.9. The third-order valence-corrected chi connectivity index (χ3v) is 4.32. The first-order valence-corrected chi connectivity index (χ1v) is 8.09. The van der Waals surface area contributed by atoms with E-state index in [1.165, 1.54) is 11.3 Å². The van der Waals surface area contributed by atoms with Gasteiger partial charge in [-0.05, 0) is 25.5 Å². The van der Waals surface area contributed by atoms with Crippen LogP contribution in [0.25, 0.3) is 0 Å². The number of carbonyl (C=O) groups excluding carboxylic acids is 1. The highest BCUT2D eigenvalue weighted by atomic mass is 32.1. The van der Waals surface area contributed by atoms with Crippen molar-refractivity contribution in [2.24, 2.45) is 5.73 Å². The van der Waals surface area contributed by atoms with Crippen molar-refractivity contribution in [3.8, 4) is 0 Å². The molecule has 2 aromatic rings. The lowest BCUT2D eigenvalue weighted by atomic mass is 9.94. The minimum Gasteiger partial charge on any atom is -0.369 e. The Morgan fingerprint density at radius 2 is 2.36 bits per heavy atom. The zero-order valence-corrected chi connectivity index (χ0v) is 12.9. The van der Waals surface area contributed by atoms with Crippen molar-refractivity contribution >= 4 is 28.3 Å². The zero-order chi connectivity index (χ0) is 15.4. The van der Waals surface area contributed by atoms with Crippen LogP contribution in [0, 0.1) is 0 Å². The molecule has 1 aliphatic rings. The molecular formula is C14H18N6OS. The number of hydrogen-bond donors (Lipinski definition) is 2. The van der Waals surface area contributed by atoms with Gasteiger partial charge in [-0.25, -0.2) is 15.0 Å². The van der Waals surface area contributed by atoms with E-state index in [2.05, 4.69) is 25.2 Å². The summed E-state index contributed by atoms with van der Waals surface area (Å²) in [5.41, 5.74) is 6.27. The van der Waals surface area contributed by atoms with Gasteiger partial charge in [0.25, 0.3) is 0 Å². The quantitative estimate of drug-likeness (QED) is 0.863. The summed E-state index contributed by atoms with van der Waals surface area (Å²) in [4.78, 5) is 26.2. The lowest BCUT2D eigenvalue weighted by molar-refractivity contribution is -0.119. The van der Waals surface area contributed by atoms with E-state index in [-0.39, 0.29) is 5.91 Å².